The number of hydroxylamine groups is 1. The maximum Gasteiger partial charge on any atom is 0.389 e. The number of rotatable bonds is 4. The summed E-state index contributed by atoms with van der Waals surface area (Å²) in [7, 11) is 1.37. The van der Waals surface area contributed by atoms with Gasteiger partial charge < -0.3 is 4.84 Å². The summed E-state index contributed by atoms with van der Waals surface area (Å²) in [5.41, 5.74) is 2.32. The van der Waals surface area contributed by atoms with Crippen LogP contribution in [0.5, 0.6) is 0 Å². The second kappa shape index (κ2) is 4.51. The first-order chi connectivity index (χ1) is 4.56. The van der Waals surface area contributed by atoms with Gasteiger partial charge in [-0.3, -0.25) is 0 Å². The van der Waals surface area contributed by atoms with Crippen molar-refractivity contribution in [3.8, 4) is 0 Å². The Morgan fingerprint density at radius 3 is 2.40 bits per heavy atom. The lowest BCUT2D eigenvalue weighted by Gasteiger charge is -2.04. The van der Waals surface area contributed by atoms with Gasteiger partial charge in [-0.05, 0) is 6.42 Å². The molecule has 0 aliphatic heterocycles. The van der Waals surface area contributed by atoms with E-state index < -0.39 is 12.6 Å². The molecule has 0 aromatic heterocycles. The van der Waals surface area contributed by atoms with E-state index in [9.17, 15) is 13.2 Å². The van der Waals surface area contributed by atoms with Gasteiger partial charge in [0.1, 0.15) is 0 Å². The summed E-state index contributed by atoms with van der Waals surface area (Å²) in [5, 5.41) is 0. The average Bonchev–Trinajstić information content (AvgIpc) is 1.78. The minimum Gasteiger partial charge on any atom is -0.305 e. The van der Waals surface area contributed by atoms with Gasteiger partial charge in [0.05, 0.1) is 7.11 Å². The van der Waals surface area contributed by atoms with Crippen LogP contribution in [0.3, 0.4) is 0 Å². The summed E-state index contributed by atoms with van der Waals surface area (Å²) in [6, 6.07) is 0. The van der Waals surface area contributed by atoms with Crippen LogP contribution in [0.25, 0.3) is 0 Å². The molecule has 0 amide bonds. The zero-order valence-corrected chi connectivity index (χ0v) is 5.66. The van der Waals surface area contributed by atoms with Crippen molar-refractivity contribution in [1.82, 2.24) is 5.48 Å². The standard InChI is InChI=1S/C5H10F3NO/c1-10-9-4-2-3-5(6,7)8/h9H,2-4H2,1H3. The largest absolute Gasteiger partial charge is 0.389 e. The van der Waals surface area contributed by atoms with Gasteiger partial charge in [-0.1, -0.05) is 0 Å². The Labute approximate surface area is 57.3 Å². The van der Waals surface area contributed by atoms with E-state index in [1.165, 1.54) is 7.11 Å². The molecule has 0 atom stereocenters. The van der Waals surface area contributed by atoms with Crippen LogP contribution in [0, 0.1) is 0 Å². The molecule has 0 aliphatic carbocycles. The molecule has 5 heteroatoms. The Morgan fingerprint density at radius 2 is 2.00 bits per heavy atom. The summed E-state index contributed by atoms with van der Waals surface area (Å²) in [6.07, 6.45) is -4.75. The van der Waals surface area contributed by atoms with Crippen LogP contribution >= 0.6 is 0 Å². The molecule has 0 unspecified atom stereocenters. The van der Waals surface area contributed by atoms with Crippen molar-refractivity contribution in [3.05, 3.63) is 0 Å². The fourth-order valence-electron chi connectivity index (χ4n) is 0.463. The van der Waals surface area contributed by atoms with Crippen LogP contribution in [0.1, 0.15) is 12.8 Å². The van der Waals surface area contributed by atoms with Crippen molar-refractivity contribution in [2.24, 2.45) is 0 Å². The summed E-state index contributed by atoms with van der Waals surface area (Å²) >= 11 is 0. The predicted octanol–water partition coefficient (Wildman–Crippen LogP) is 1.48. The maximum absolute atomic E-state index is 11.4. The first-order valence-electron chi connectivity index (χ1n) is 2.89. The first-order valence-corrected chi connectivity index (χ1v) is 2.89. The van der Waals surface area contributed by atoms with Gasteiger partial charge in [-0.25, -0.2) is 5.48 Å². The number of hydrogen-bond donors (Lipinski definition) is 1. The van der Waals surface area contributed by atoms with Gasteiger partial charge >= 0.3 is 6.18 Å². The molecule has 0 spiro atoms. The number of alkyl halides is 3. The molecular weight excluding hydrogens is 147 g/mol. The molecule has 0 saturated carbocycles. The average molecular weight is 157 g/mol. The Balaban J connectivity index is 3.04. The molecule has 62 valence electrons. The molecule has 0 radical (unpaired) electrons. The van der Waals surface area contributed by atoms with E-state index >= 15 is 0 Å². The quantitative estimate of drug-likeness (QED) is 0.493. The minimum absolute atomic E-state index is 0.0529. The second-order valence-corrected chi connectivity index (χ2v) is 1.82. The third-order valence-electron chi connectivity index (χ3n) is 0.883. The van der Waals surface area contributed by atoms with Crippen LogP contribution in [-0.2, 0) is 4.84 Å². The third-order valence-corrected chi connectivity index (χ3v) is 0.883. The molecule has 0 aliphatic rings. The third kappa shape index (κ3) is 7.71. The number of halogens is 3. The van der Waals surface area contributed by atoms with Crippen molar-refractivity contribution in [3.63, 3.8) is 0 Å². The molecule has 0 rings (SSSR count). The Hall–Kier alpha value is -0.290. The molecule has 0 aromatic carbocycles. The highest BCUT2D eigenvalue weighted by Gasteiger charge is 2.25. The van der Waals surface area contributed by atoms with Crippen molar-refractivity contribution >= 4 is 0 Å². The molecule has 0 bridgehead atoms. The van der Waals surface area contributed by atoms with Gasteiger partial charge in [0.15, 0.2) is 0 Å². The maximum atomic E-state index is 11.4. The van der Waals surface area contributed by atoms with Gasteiger partial charge in [-0.15, -0.1) is 0 Å². The predicted molar refractivity (Wildman–Crippen MR) is 30.3 cm³/mol. The molecule has 0 aromatic rings. The van der Waals surface area contributed by atoms with E-state index in [0.29, 0.717) is 0 Å². The zero-order chi connectivity index (χ0) is 8.04. The van der Waals surface area contributed by atoms with Crippen molar-refractivity contribution in [2.75, 3.05) is 13.7 Å². The zero-order valence-electron chi connectivity index (χ0n) is 5.66. The lowest BCUT2D eigenvalue weighted by molar-refractivity contribution is -0.136. The molecule has 1 N–H and O–H groups in total. The van der Waals surface area contributed by atoms with Crippen molar-refractivity contribution in [2.45, 2.75) is 19.0 Å². The summed E-state index contributed by atoms with van der Waals surface area (Å²) in [5.74, 6) is 0. The van der Waals surface area contributed by atoms with E-state index in [4.69, 9.17) is 0 Å². The fraction of sp³-hybridized carbons (Fsp3) is 1.00. The fourth-order valence-corrected chi connectivity index (χ4v) is 0.463. The van der Waals surface area contributed by atoms with E-state index in [1.807, 2.05) is 0 Å². The van der Waals surface area contributed by atoms with E-state index in [0.717, 1.165) is 0 Å². The van der Waals surface area contributed by atoms with Crippen LogP contribution in [-0.4, -0.2) is 19.8 Å². The Morgan fingerprint density at radius 1 is 1.40 bits per heavy atom. The lowest BCUT2D eigenvalue weighted by Crippen LogP contribution is -2.16. The molecule has 0 heterocycles. The van der Waals surface area contributed by atoms with Crippen molar-refractivity contribution < 1.29 is 18.0 Å². The van der Waals surface area contributed by atoms with E-state index in [-0.39, 0.29) is 13.0 Å². The lowest BCUT2D eigenvalue weighted by atomic mass is 10.3. The smallest absolute Gasteiger partial charge is 0.305 e. The second-order valence-electron chi connectivity index (χ2n) is 1.82. The number of nitrogens with one attached hydrogen (secondary N) is 1. The minimum atomic E-state index is -4.05. The summed E-state index contributed by atoms with van der Waals surface area (Å²) in [4.78, 5) is 4.34. The monoisotopic (exact) mass is 157 g/mol. The number of hydrogen-bond acceptors (Lipinski definition) is 2. The molecular formula is C5H10F3NO. The summed E-state index contributed by atoms with van der Waals surface area (Å²) in [6.45, 7) is 0.232. The van der Waals surface area contributed by atoms with Gasteiger partial charge in [0, 0.05) is 13.0 Å². The van der Waals surface area contributed by atoms with Crippen LogP contribution in [0.4, 0.5) is 13.2 Å². The molecule has 10 heavy (non-hydrogen) atoms. The summed E-state index contributed by atoms with van der Waals surface area (Å²) < 4.78 is 34.2. The first kappa shape index (κ1) is 9.71. The van der Waals surface area contributed by atoms with Crippen LogP contribution in [0.15, 0.2) is 0 Å². The normalized spacial score (nSPS) is 12.0. The highest BCUT2D eigenvalue weighted by molar-refractivity contribution is 4.50. The highest BCUT2D eigenvalue weighted by atomic mass is 19.4. The van der Waals surface area contributed by atoms with Crippen LogP contribution in [0.2, 0.25) is 0 Å². The van der Waals surface area contributed by atoms with E-state index in [2.05, 4.69) is 10.3 Å². The van der Waals surface area contributed by atoms with E-state index in [1.54, 1.807) is 0 Å². The van der Waals surface area contributed by atoms with Crippen LogP contribution < -0.4 is 5.48 Å². The Kier molecular flexibility index (Phi) is 4.38. The topological polar surface area (TPSA) is 21.3 Å². The SMILES string of the molecule is CONCCCC(F)(F)F. The van der Waals surface area contributed by atoms with Crippen molar-refractivity contribution in [1.29, 1.82) is 0 Å². The molecule has 0 saturated heterocycles. The van der Waals surface area contributed by atoms with Gasteiger partial charge in [0.25, 0.3) is 0 Å². The Bertz CT molecular complexity index is 83.5. The van der Waals surface area contributed by atoms with Gasteiger partial charge in [0.2, 0.25) is 0 Å². The highest BCUT2D eigenvalue weighted by Crippen LogP contribution is 2.20. The molecule has 0 fully saturated rings. The molecule has 2 nitrogen and oxygen atoms in total. The van der Waals surface area contributed by atoms with Gasteiger partial charge in [-0.2, -0.15) is 13.2 Å².